The zero-order valence-electron chi connectivity index (χ0n) is 6.15. The monoisotopic (exact) mass is 264 g/mol. The van der Waals surface area contributed by atoms with Gasteiger partial charge in [0.1, 0.15) is 0 Å². The second-order valence-corrected chi connectivity index (χ2v) is 1.58. The molecule has 4 heteroatoms. The Morgan fingerprint density at radius 3 is 1.91 bits per heavy atom. The van der Waals surface area contributed by atoms with E-state index in [-0.39, 0.29) is 40.9 Å². The molecule has 4 radical (unpaired) electrons. The van der Waals surface area contributed by atoms with Gasteiger partial charge in [-0.25, -0.2) is 0 Å². The summed E-state index contributed by atoms with van der Waals surface area (Å²) in [5, 5.41) is 0. The van der Waals surface area contributed by atoms with Crippen LogP contribution in [0.15, 0.2) is 29.5 Å². The summed E-state index contributed by atoms with van der Waals surface area (Å²) in [6.07, 6.45) is 7.88. The minimum Gasteiger partial charge on any atom is -0.870 e. The average Bonchev–Trinajstić information content (AvgIpc) is 1.69. The van der Waals surface area contributed by atoms with Crippen molar-refractivity contribution in [2.45, 2.75) is 6.92 Å². The molecule has 0 heterocycles. The molecule has 0 aliphatic heterocycles. The number of rotatable bonds is 0. The summed E-state index contributed by atoms with van der Waals surface area (Å²) in [4.78, 5) is 0. The Labute approximate surface area is 83.9 Å². The van der Waals surface area contributed by atoms with Gasteiger partial charge in [-0.3, -0.25) is 0 Å². The summed E-state index contributed by atoms with van der Waals surface area (Å²) in [5.74, 6) is 0. The fraction of sp³-hybridized carbons (Fsp3) is 0.143. The van der Waals surface area contributed by atoms with Crippen LogP contribution in [0.4, 0.5) is 0 Å². The van der Waals surface area contributed by atoms with Gasteiger partial charge in [-0.15, -0.1) is 5.73 Å². The maximum Gasteiger partial charge on any atom is 0.0160 e. The fourth-order valence-corrected chi connectivity index (χ4v) is 0.470. The third-order valence-electron chi connectivity index (χ3n) is 0.885. The maximum absolute atomic E-state index is 2.93. The van der Waals surface area contributed by atoms with Gasteiger partial charge in [-0.2, -0.15) is 0 Å². The molecular formula is C7H11O3Sb-2. The molecule has 11 heavy (non-hydrogen) atoms. The largest absolute Gasteiger partial charge is 0.870 e. The Morgan fingerprint density at radius 1 is 1.18 bits per heavy atom. The first-order valence-corrected chi connectivity index (χ1v) is 2.32. The number of allylic oxidation sites excluding steroid dienone is 3. The zero-order valence-corrected chi connectivity index (χ0v) is 8.70. The van der Waals surface area contributed by atoms with E-state index in [1.807, 2.05) is 24.6 Å². The molecule has 0 amide bonds. The molecular weight excluding hydrogens is 254 g/mol. The summed E-state index contributed by atoms with van der Waals surface area (Å²) >= 11 is 0. The molecule has 0 saturated carbocycles. The summed E-state index contributed by atoms with van der Waals surface area (Å²) in [6, 6.07) is 0. The van der Waals surface area contributed by atoms with Gasteiger partial charge in [0.15, 0.2) is 0 Å². The van der Waals surface area contributed by atoms with Crippen LogP contribution in [0.5, 0.6) is 0 Å². The van der Waals surface area contributed by atoms with Crippen LogP contribution in [0, 0.1) is 6.42 Å². The van der Waals surface area contributed by atoms with E-state index in [0.717, 1.165) is 0 Å². The van der Waals surface area contributed by atoms with Crippen LogP contribution in [0.3, 0.4) is 0 Å². The van der Waals surface area contributed by atoms with Gasteiger partial charge in [0.25, 0.3) is 0 Å². The van der Waals surface area contributed by atoms with Gasteiger partial charge in [-0.1, -0.05) is 11.6 Å². The van der Waals surface area contributed by atoms with Crippen molar-refractivity contribution < 1.29 is 16.4 Å². The molecule has 64 valence electrons. The Balaban J connectivity index is -0.0000000612. The molecule has 0 aromatic heterocycles. The molecule has 0 saturated heterocycles. The molecule has 4 N–H and O–H groups in total. The van der Waals surface area contributed by atoms with E-state index in [0.29, 0.717) is 0 Å². The first-order chi connectivity index (χ1) is 3.39. The molecule has 1 aliphatic carbocycles. The van der Waals surface area contributed by atoms with E-state index < -0.39 is 0 Å². The zero-order chi connectivity index (χ0) is 5.11. The van der Waals surface area contributed by atoms with Crippen LogP contribution in [-0.2, 0) is 0 Å². The normalized spacial score (nSPS) is 10.8. The van der Waals surface area contributed by atoms with Crippen molar-refractivity contribution >= 4 is 24.4 Å². The minimum atomic E-state index is 0. The molecule has 0 atom stereocenters. The van der Waals surface area contributed by atoms with E-state index in [4.69, 9.17) is 0 Å². The van der Waals surface area contributed by atoms with Gasteiger partial charge < -0.3 is 16.4 Å². The number of hydrogen-bond donors (Lipinski definition) is 0. The summed E-state index contributed by atoms with van der Waals surface area (Å²) in [5.41, 5.74) is 4.22. The van der Waals surface area contributed by atoms with E-state index >= 15 is 0 Å². The van der Waals surface area contributed by atoms with Crippen LogP contribution < -0.4 is 0 Å². The first-order valence-electron chi connectivity index (χ1n) is 2.32. The van der Waals surface area contributed by atoms with E-state index in [1.165, 1.54) is 5.57 Å². The van der Waals surface area contributed by atoms with Crippen molar-refractivity contribution in [1.82, 2.24) is 0 Å². The molecule has 3 nitrogen and oxygen atoms in total. The quantitative estimate of drug-likeness (QED) is 0.465. The van der Waals surface area contributed by atoms with Crippen LogP contribution >= 0.6 is 0 Å². The topological polar surface area (TPSA) is 91.5 Å². The first kappa shape index (κ1) is 22.4. The van der Waals surface area contributed by atoms with Crippen molar-refractivity contribution in [1.29, 1.82) is 0 Å². The summed E-state index contributed by atoms with van der Waals surface area (Å²) < 4.78 is 0. The van der Waals surface area contributed by atoms with Crippen LogP contribution in [0.25, 0.3) is 0 Å². The van der Waals surface area contributed by atoms with Crippen molar-refractivity contribution in [2.75, 3.05) is 0 Å². The van der Waals surface area contributed by atoms with E-state index in [9.17, 15) is 0 Å². The third kappa shape index (κ3) is 9.96. The molecule has 0 spiro atoms. The Morgan fingerprint density at radius 2 is 1.73 bits per heavy atom. The van der Waals surface area contributed by atoms with Crippen molar-refractivity contribution in [2.24, 2.45) is 0 Å². The Bertz CT molecular complexity index is 157. The van der Waals surface area contributed by atoms with E-state index in [2.05, 4.69) is 12.7 Å². The minimum absolute atomic E-state index is 0. The molecule has 1 rings (SSSR count). The predicted octanol–water partition coefficient (Wildman–Crippen LogP) is 0.303. The van der Waals surface area contributed by atoms with Crippen molar-refractivity contribution in [3.05, 3.63) is 36.0 Å². The molecule has 1 aliphatic rings. The third-order valence-corrected chi connectivity index (χ3v) is 0.885. The molecule has 0 unspecified atom stereocenters. The van der Waals surface area contributed by atoms with Crippen LogP contribution in [-0.4, -0.2) is 40.9 Å². The van der Waals surface area contributed by atoms with Crippen LogP contribution in [0.1, 0.15) is 6.92 Å². The van der Waals surface area contributed by atoms with Crippen molar-refractivity contribution in [3.63, 3.8) is 0 Å². The maximum atomic E-state index is 2.93. The van der Waals surface area contributed by atoms with Gasteiger partial charge in [0.2, 0.25) is 0 Å². The Kier molecular flexibility index (Phi) is 25.7. The fourth-order valence-electron chi connectivity index (χ4n) is 0.470. The number of hydrogen-bond acceptors (Lipinski definition) is 2. The molecule has 0 fully saturated rings. The summed E-state index contributed by atoms with van der Waals surface area (Å²) in [7, 11) is 0. The smallest absolute Gasteiger partial charge is 0.0160 e. The van der Waals surface area contributed by atoms with Gasteiger partial charge in [0.05, 0.1) is 0 Å². The average molecular weight is 265 g/mol. The van der Waals surface area contributed by atoms with Gasteiger partial charge >= 0.3 is 0 Å². The molecule has 0 bridgehead atoms. The van der Waals surface area contributed by atoms with E-state index in [1.54, 1.807) is 0 Å². The second kappa shape index (κ2) is 12.6. The molecule has 0 aromatic rings. The summed E-state index contributed by atoms with van der Waals surface area (Å²) in [6.45, 7) is 2.06. The second-order valence-electron chi connectivity index (χ2n) is 1.58. The van der Waals surface area contributed by atoms with Gasteiger partial charge in [-0.05, 0) is 19.1 Å². The van der Waals surface area contributed by atoms with Crippen LogP contribution in [0.2, 0.25) is 0 Å². The molecule has 0 aromatic carbocycles. The Hall–Kier alpha value is -0.0418. The van der Waals surface area contributed by atoms with Gasteiger partial charge in [0, 0.05) is 30.8 Å². The van der Waals surface area contributed by atoms with Crippen molar-refractivity contribution in [3.8, 4) is 0 Å². The SMILES string of the molecule is CC1=CC=C=C[CH]1.O.[OH-].[OH-].[Sb]. The standard InChI is InChI=1S/C7H7.3H2O.Sb/c1-7-5-3-2-4-6-7;;;;/h3-6H,1H3;3*1H2;/p-2. The predicted molar refractivity (Wildman–Crippen MR) is 43.9 cm³/mol.